The van der Waals surface area contributed by atoms with Crippen LogP contribution in [0.4, 0.5) is 5.69 Å². The summed E-state index contributed by atoms with van der Waals surface area (Å²) < 4.78 is 2.39. The fourth-order valence-electron chi connectivity index (χ4n) is 3.83. The Morgan fingerprint density at radius 2 is 2.07 bits per heavy atom. The lowest BCUT2D eigenvalue weighted by Crippen LogP contribution is -2.33. The molecule has 6 nitrogen and oxygen atoms in total. The number of likely N-dealkylation sites (tertiary alicyclic amines) is 1. The van der Waals surface area contributed by atoms with Crippen molar-refractivity contribution in [1.82, 2.24) is 9.47 Å². The maximum atomic E-state index is 10.9. The van der Waals surface area contributed by atoms with E-state index in [1.54, 1.807) is 24.3 Å². The maximum Gasteiger partial charge on any atom is 0.335 e. The van der Waals surface area contributed by atoms with Crippen LogP contribution in [-0.4, -0.2) is 45.9 Å². The van der Waals surface area contributed by atoms with Gasteiger partial charge < -0.3 is 9.67 Å². The molecular weight excluding hydrogens is 340 g/mol. The van der Waals surface area contributed by atoms with Crippen molar-refractivity contribution in [3.63, 3.8) is 0 Å². The lowest BCUT2D eigenvalue weighted by Gasteiger charge is -2.24. The van der Waals surface area contributed by atoms with Crippen LogP contribution in [0.1, 0.15) is 47.1 Å². The quantitative estimate of drug-likeness (QED) is 0.577. The average molecular weight is 368 g/mol. The summed E-state index contributed by atoms with van der Waals surface area (Å²) in [6.07, 6.45) is 4.38. The smallest absolute Gasteiger partial charge is 0.335 e. The number of aromatic nitrogens is 1. The zero-order valence-corrected chi connectivity index (χ0v) is 16.3. The normalized spacial score (nSPS) is 17.7. The largest absolute Gasteiger partial charge is 0.478 e. The van der Waals surface area contributed by atoms with E-state index in [1.165, 1.54) is 30.8 Å². The molecule has 1 fully saturated rings. The Bertz CT molecular complexity index is 823. The number of hydrogen-bond donors (Lipinski definition) is 2. The van der Waals surface area contributed by atoms with Gasteiger partial charge in [0.2, 0.25) is 0 Å². The van der Waals surface area contributed by atoms with Gasteiger partial charge >= 0.3 is 5.97 Å². The first-order valence-corrected chi connectivity index (χ1v) is 9.52. The molecule has 1 aliphatic heterocycles. The summed E-state index contributed by atoms with van der Waals surface area (Å²) in [5.41, 5.74) is 7.56. The van der Waals surface area contributed by atoms with Crippen LogP contribution >= 0.6 is 0 Å². The predicted octanol–water partition coefficient (Wildman–Crippen LogP) is 3.73. The van der Waals surface area contributed by atoms with Gasteiger partial charge in [0.05, 0.1) is 17.5 Å². The van der Waals surface area contributed by atoms with Crippen LogP contribution in [0.5, 0.6) is 0 Å². The Hall–Kier alpha value is -2.60. The lowest BCUT2D eigenvalue weighted by atomic mass is 10.2. The predicted molar refractivity (Wildman–Crippen MR) is 109 cm³/mol. The van der Waals surface area contributed by atoms with Gasteiger partial charge in [-0.15, -0.1) is 0 Å². The van der Waals surface area contributed by atoms with Gasteiger partial charge in [0.25, 0.3) is 0 Å². The molecule has 3 rings (SSSR count). The van der Waals surface area contributed by atoms with E-state index in [1.807, 2.05) is 6.21 Å². The second kappa shape index (κ2) is 8.39. The Kier molecular flexibility index (Phi) is 5.96. The number of carbonyl (C=O) groups is 1. The van der Waals surface area contributed by atoms with Crippen molar-refractivity contribution in [1.29, 1.82) is 0 Å². The van der Waals surface area contributed by atoms with Gasteiger partial charge in [-0.2, -0.15) is 5.10 Å². The highest BCUT2D eigenvalue weighted by Crippen LogP contribution is 2.22. The van der Waals surface area contributed by atoms with E-state index in [0.717, 1.165) is 24.3 Å². The van der Waals surface area contributed by atoms with Crippen molar-refractivity contribution in [2.24, 2.45) is 5.10 Å². The van der Waals surface area contributed by atoms with Gasteiger partial charge in [-0.3, -0.25) is 10.3 Å². The molecule has 1 saturated heterocycles. The minimum Gasteiger partial charge on any atom is -0.478 e. The summed E-state index contributed by atoms with van der Waals surface area (Å²) in [6.45, 7) is 9.88. The number of hydrazone groups is 1. The van der Waals surface area contributed by atoms with Crippen LogP contribution in [0.2, 0.25) is 0 Å². The molecule has 6 heteroatoms. The number of aromatic carboxylic acids is 1. The maximum absolute atomic E-state index is 10.9. The molecule has 1 aromatic carbocycles. The van der Waals surface area contributed by atoms with Crippen LogP contribution in [0.15, 0.2) is 35.4 Å². The standard InChI is InChI=1S/C21H28N4O2/c1-4-24-11-5-6-20(24)14-25-15(2)12-18(16(25)3)13-22-23-19-9-7-17(8-10-19)21(26)27/h7-10,12-13,20,23H,4-6,11,14H2,1-3H3,(H,26,27). The number of aryl methyl sites for hydroxylation is 1. The molecule has 0 radical (unpaired) electrons. The summed E-state index contributed by atoms with van der Waals surface area (Å²) in [4.78, 5) is 13.5. The number of nitrogens with one attached hydrogen (secondary N) is 1. The lowest BCUT2D eigenvalue weighted by molar-refractivity contribution is 0.0697. The first-order chi connectivity index (χ1) is 13.0. The molecule has 0 bridgehead atoms. The second-order valence-electron chi connectivity index (χ2n) is 7.11. The summed E-state index contributed by atoms with van der Waals surface area (Å²) in [7, 11) is 0. The van der Waals surface area contributed by atoms with E-state index in [2.05, 4.69) is 46.8 Å². The first-order valence-electron chi connectivity index (χ1n) is 9.52. The van der Waals surface area contributed by atoms with Gasteiger partial charge in [-0.1, -0.05) is 6.92 Å². The van der Waals surface area contributed by atoms with Crippen molar-refractivity contribution in [2.75, 3.05) is 18.5 Å². The van der Waals surface area contributed by atoms with Crippen LogP contribution in [0.25, 0.3) is 0 Å². The van der Waals surface area contributed by atoms with Crippen molar-refractivity contribution in [2.45, 2.75) is 46.2 Å². The number of nitrogens with zero attached hydrogens (tertiary/aromatic N) is 3. The monoisotopic (exact) mass is 368 g/mol. The fourth-order valence-corrected chi connectivity index (χ4v) is 3.83. The molecular formula is C21H28N4O2. The van der Waals surface area contributed by atoms with Crippen molar-refractivity contribution < 1.29 is 9.90 Å². The van der Waals surface area contributed by atoms with Gasteiger partial charge in [-0.05, 0) is 70.1 Å². The zero-order chi connectivity index (χ0) is 19.4. The van der Waals surface area contributed by atoms with E-state index in [0.29, 0.717) is 6.04 Å². The van der Waals surface area contributed by atoms with Crippen LogP contribution < -0.4 is 5.43 Å². The zero-order valence-electron chi connectivity index (χ0n) is 16.3. The van der Waals surface area contributed by atoms with E-state index >= 15 is 0 Å². The molecule has 1 aromatic heterocycles. The van der Waals surface area contributed by atoms with E-state index in [9.17, 15) is 4.79 Å². The number of carboxylic acids is 1. The second-order valence-corrected chi connectivity index (χ2v) is 7.11. The third kappa shape index (κ3) is 4.39. The number of likely N-dealkylation sites (N-methyl/N-ethyl adjacent to an activating group) is 1. The van der Waals surface area contributed by atoms with E-state index in [-0.39, 0.29) is 5.56 Å². The molecule has 27 heavy (non-hydrogen) atoms. The molecule has 144 valence electrons. The third-order valence-electron chi connectivity index (χ3n) is 5.44. The summed E-state index contributed by atoms with van der Waals surface area (Å²) in [5.74, 6) is -0.929. The number of anilines is 1. The number of benzene rings is 1. The van der Waals surface area contributed by atoms with Gasteiger partial charge in [0, 0.05) is 29.5 Å². The van der Waals surface area contributed by atoms with Gasteiger partial charge in [-0.25, -0.2) is 4.79 Å². The number of carboxylic acid groups (broad SMARTS) is 1. The Labute approximate surface area is 160 Å². The minimum absolute atomic E-state index is 0.265. The topological polar surface area (TPSA) is 69.9 Å². The minimum atomic E-state index is -0.929. The van der Waals surface area contributed by atoms with Gasteiger partial charge in [0.15, 0.2) is 0 Å². The van der Waals surface area contributed by atoms with Crippen molar-refractivity contribution in [3.05, 3.63) is 52.8 Å². The van der Waals surface area contributed by atoms with Crippen LogP contribution in [-0.2, 0) is 6.54 Å². The average Bonchev–Trinajstić information content (AvgIpc) is 3.22. The Morgan fingerprint density at radius 3 is 2.74 bits per heavy atom. The van der Waals surface area contributed by atoms with Gasteiger partial charge in [0.1, 0.15) is 0 Å². The molecule has 2 N–H and O–H groups in total. The number of rotatable bonds is 7. The summed E-state index contributed by atoms with van der Waals surface area (Å²) >= 11 is 0. The highest BCUT2D eigenvalue weighted by Gasteiger charge is 2.24. The van der Waals surface area contributed by atoms with E-state index in [4.69, 9.17) is 5.11 Å². The SMILES string of the molecule is CCN1CCCC1Cn1c(C)cc(C=NNc2ccc(C(=O)O)cc2)c1C. The molecule has 2 heterocycles. The third-order valence-corrected chi connectivity index (χ3v) is 5.44. The number of hydrogen-bond acceptors (Lipinski definition) is 4. The molecule has 1 unspecified atom stereocenters. The summed E-state index contributed by atoms with van der Waals surface area (Å²) in [6, 6.07) is 9.34. The molecule has 1 aliphatic rings. The Balaban J connectivity index is 1.66. The molecule has 0 spiro atoms. The van der Waals surface area contributed by atoms with Crippen molar-refractivity contribution >= 4 is 17.9 Å². The van der Waals surface area contributed by atoms with Crippen LogP contribution in [0, 0.1) is 13.8 Å². The highest BCUT2D eigenvalue weighted by atomic mass is 16.4. The molecule has 0 aliphatic carbocycles. The Morgan fingerprint density at radius 1 is 1.33 bits per heavy atom. The summed E-state index contributed by atoms with van der Waals surface area (Å²) in [5, 5.41) is 13.3. The molecule has 0 amide bonds. The fraction of sp³-hybridized carbons (Fsp3) is 0.429. The molecule has 2 aromatic rings. The van der Waals surface area contributed by atoms with Crippen LogP contribution in [0.3, 0.4) is 0 Å². The van der Waals surface area contributed by atoms with E-state index < -0.39 is 5.97 Å². The molecule has 0 saturated carbocycles. The highest BCUT2D eigenvalue weighted by molar-refractivity contribution is 5.88. The first kappa shape index (κ1) is 19.2. The molecule has 1 atom stereocenters. The van der Waals surface area contributed by atoms with Crippen molar-refractivity contribution in [3.8, 4) is 0 Å².